The molecule has 7 heteroatoms. The van der Waals surface area contributed by atoms with Crippen LogP contribution in [0, 0.1) is 0 Å². The highest BCUT2D eigenvalue weighted by molar-refractivity contribution is 8.00. The molecule has 0 aliphatic carbocycles. The summed E-state index contributed by atoms with van der Waals surface area (Å²) in [4.78, 5) is 10.6. The van der Waals surface area contributed by atoms with Crippen molar-refractivity contribution in [2.75, 3.05) is 12.4 Å². The zero-order valence-corrected chi connectivity index (χ0v) is 9.35. The number of thioether (sulfide) groups is 1. The van der Waals surface area contributed by atoms with Gasteiger partial charge in [-0.3, -0.25) is 0 Å². The number of benzene rings is 1. The lowest BCUT2D eigenvalue weighted by atomic mass is 10.2. The largest absolute Gasteiger partial charge is 0.493 e. The first-order valence-electron chi connectivity index (χ1n) is 4.55. The van der Waals surface area contributed by atoms with Crippen molar-refractivity contribution in [3.8, 4) is 5.75 Å². The maximum absolute atomic E-state index is 11.8. The van der Waals surface area contributed by atoms with Crippen molar-refractivity contribution < 1.29 is 27.8 Å². The molecule has 0 atom stereocenters. The smallest absolute Gasteiger partial charge is 0.441 e. The van der Waals surface area contributed by atoms with Gasteiger partial charge in [0.1, 0.15) is 5.75 Å². The van der Waals surface area contributed by atoms with E-state index < -0.39 is 11.5 Å². The number of halogens is 3. The van der Waals surface area contributed by atoms with Gasteiger partial charge in [0, 0.05) is 5.75 Å². The highest BCUT2D eigenvalue weighted by atomic mass is 32.2. The monoisotopic (exact) mass is 266 g/mol. The third-order valence-electron chi connectivity index (χ3n) is 1.70. The van der Waals surface area contributed by atoms with E-state index in [0.717, 1.165) is 0 Å². The van der Waals surface area contributed by atoms with Gasteiger partial charge in [0.2, 0.25) is 0 Å². The first-order chi connectivity index (χ1) is 7.88. The maximum atomic E-state index is 11.8. The minimum Gasteiger partial charge on any atom is -0.493 e. The number of alkyl halides is 3. The molecule has 0 saturated carbocycles. The molecule has 0 spiro atoms. The van der Waals surface area contributed by atoms with Gasteiger partial charge < -0.3 is 9.84 Å². The van der Waals surface area contributed by atoms with Crippen molar-refractivity contribution in [1.82, 2.24) is 0 Å². The molecular formula is C10H9F3O3S. The van der Waals surface area contributed by atoms with Crippen LogP contribution in [0.5, 0.6) is 5.75 Å². The molecule has 0 fully saturated rings. The summed E-state index contributed by atoms with van der Waals surface area (Å²) in [7, 11) is 0. The maximum Gasteiger partial charge on any atom is 0.441 e. The van der Waals surface area contributed by atoms with E-state index in [-0.39, 0.29) is 35.4 Å². The van der Waals surface area contributed by atoms with Crippen molar-refractivity contribution in [3.05, 3.63) is 29.8 Å². The zero-order valence-electron chi connectivity index (χ0n) is 8.53. The fraction of sp³-hybridized carbons (Fsp3) is 0.300. The third-order valence-corrected chi connectivity index (χ3v) is 2.40. The SMILES string of the molecule is O=C(O)c1cccc(OCCSC(F)(F)F)c1. The molecule has 0 amide bonds. The number of ether oxygens (including phenoxy) is 1. The average molecular weight is 266 g/mol. The Labute approximate surface area is 99.6 Å². The first kappa shape index (κ1) is 13.7. The van der Waals surface area contributed by atoms with Crippen molar-refractivity contribution in [2.45, 2.75) is 5.51 Å². The Morgan fingerprint density at radius 1 is 1.41 bits per heavy atom. The second-order valence-electron chi connectivity index (χ2n) is 2.98. The second kappa shape index (κ2) is 5.81. The van der Waals surface area contributed by atoms with Crippen LogP contribution in [0.2, 0.25) is 0 Å². The number of carboxylic acid groups (broad SMARTS) is 1. The van der Waals surface area contributed by atoms with Crippen LogP contribution in [0.15, 0.2) is 24.3 Å². The summed E-state index contributed by atoms with van der Waals surface area (Å²) < 4.78 is 40.4. The molecule has 0 bridgehead atoms. The predicted octanol–water partition coefficient (Wildman–Crippen LogP) is 3.02. The molecule has 17 heavy (non-hydrogen) atoms. The average Bonchev–Trinajstić information content (AvgIpc) is 2.23. The van der Waals surface area contributed by atoms with Crippen molar-refractivity contribution in [2.24, 2.45) is 0 Å². The van der Waals surface area contributed by atoms with Gasteiger partial charge in [-0.2, -0.15) is 13.2 Å². The number of rotatable bonds is 5. The minimum absolute atomic E-state index is 0.0333. The normalized spacial score (nSPS) is 11.2. The second-order valence-corrected chi connectivity index (χ2v) is 4.14. The van der Waals surface area contributed by atoms with Gasteiger partial charge in [0.15, 0.2) is 0 Å². The van der Waals surface area contributed by atoms with Crippen LogP contribution < -0.4 is 4.74 Å². The van der Waals surface area contributed by atoms with Crippen LogP contribution in [-0.2, 0) is 0 Å². The van der Waals surface area contributed by atoms with Crippen molar-refractivity contribution in [3.63, 3.8) is 0 Å². The fourth-order valence-corrected chi connectivity index (χ4v) is 1.43. The van der Waals surface area contributed by atoms with Crippen LogP contribution in [-0.4, -0.2) is 28.9 Å². The Bertz CT molecular complexity index is 393. The van der Waals surface area contributed by atoms with E-state index in [1.807, 2.05) is 0 Å². The van der Waals surface area contributed by atoms with Gasteiger partial charge in [-0.15, -0.1) is 0 Å². The quantitative estimate of drug-likeness (QED) is 0.832. The number of hydrogen-bond donors (Lipinski definition) is 1. The molecule has 94 valence electrons. The number of carboxylic acids is 1. The summed E-state index contributed by atoms with van der Waals surface area (Å²) >= 11 is -0.178. The molecule has 0 saturated heterocycles. The molecule has 1 aromatic carbocycles. The van der Waals surface area contributed by atoms with E-state index in [1.165, 1.54) is 24.3 Å². The molecule has 1 aromatic rings. The van der Waals surface area contributed by atoms with Crippen molar-refractivity contribution >= 4 is 17.7 Å². The first-order valence-corrected chi connectivity index (χ1v) is 5.54. The lowest BCUT2D eigenvalue weighted by Crippen LogP contribution is -2.07. The van der Waals surface area contributed by atoms with Gasteiger partial charge in [-0.25, -0.2) is 4.79 Å². The van der Waals surface area contributed by atoms with Gasteiger partial charge in [-0.1, -0.05) is 6.07 Å². The van der Waals surface area contributed by atoms with E-state index in [2.05, 4.69) is 0 Å². The van der Waals surface area contributed by atoms with Gasteiger partial charge in [0.05, 0.1) is 12.2 Å². The van der Waals surface area contributed by atoms with E-state index in [1.54, 1.807) is 0 Å². The van der Waals surface area contributed by atoms with Crippen LogP contribution in [0.1, 0.15) is 10.4 Å². The summed E-state index contributed by atoms with van der Waals surface area (Å²) in [6, 6.07) is 5.60. The number of hydrogen-bond acceptors (Lipinski definition) is 3. The molecule has 1 N–H and O–H groups in total. The van der Waals surface area contributed by atoms with Crippen molar-refractivity contribution in [1.29, 1.82) is 0 Å². The predicted molar refractivity (Wildman–Crippen MR) is 57.4 cm³/mol. The van der Waals surface area contributed by atoms with Crippen LogP contribution in [0.3, 0.4) is 0 Å². The number of carbonyl (C=O) groups is 1. The Morgan fingerprint density at radius 3 is 2.71 bits per heavy atom. The van der Waals surface area contributed by atoms with Crippen LogP contribution >= 0.6 is 11.8 Å². The van der Waals surface area contributed by atoms with Gasteiger partial charge in [-0.05, 0) is 30.0 Å². The molecule has 0 heterocycles. The lowest BCUT2D eigenvalue weighted by molar-refractivity contribution is -0.0329. The Kier molecular flexibility index (Phi) is 4.68. The molecule has 0 unspecified atom stereocenters. The summed E-state index contributed by atoms with van der Waals surface area (Å²) in [5.74, 6) is -1.10. The topological polar surface area (TPSA) is 46.5 Å². The highest BCUT2D eigenvalue weighted by Gasteiger charge is 2.27. The Hall–Kier alpha value is -1.37. The third kappa shape index (κ3) is 5.48. The summed E-state index contributed by atoms with van der Waals surface area (Å²) in [5.41, 5.74) is -4.24. The molecule has 3 nitrogen and oxygen atoms in total. The molecule has 0 aromatic heterocycles. The minimum atomic E-state index is -4.27. The van der Waals surface area contributed by atoms with Crippen LogP contribution in [0.4, 0.5) is 13.2 Å². The van der Waals surface area contributed by atoms with E-state index >= 15 is 0 Å². The van der Waals surface area contributed by atoms with Gasteiger partial charge in [0.25, 0.3) is 0 Å². The number of aromatic carboxylic acids is 1. The van der Waals surface area contributed by atoms with E-state index in [4.69, 9.17) is 9.84 Å². The summed E-state index contributed by atoms with van der Waals surface area (Å²) in [6.07, 6.45) is 0. The highest BCUT2D eigenvalue weighted by Crippen LogP contribution is 2.29. The summed E-state index contributed by atoms with van der Waals surface area (Å²) in [6.45, 7) is -0.132. The molecular weight excluding hydrogens is 257 g/mol. The molecule has 1 rings (SSSR count). The summed E-state index contributed by atoms with van der Waals surface area (Å²) in [5, 5.41) is 8.68. The Morgan fingerprint density at radius 2 is 2.12 bits per heavy atom. The molecule has 0 radical (unpaired) electrons. The standard InChI is InChI=1S/C10H9F3O3S/c11-10(12,13)17-5-4-16-8-3-1-2-7(6-8)9(14)15/h1-3,6H,4-5H2,(H,14,15). The van der Waals surface area contributed by atoms with Crippen LogP contribution in [0.25, 0.3) is 0 Å². The fourth-order valence-electron chi connectivity index (χ4n) is 1.04. The zero-order chi connectivity index (χ0) is 12.9. The lowest BCUT2D eigenvalue weighted by Gasteiger charge is -2.08. The van der Waals surface area contributed by atoms with E-state index in [9.17, 15) is 18.0 Å². The van der Waals surface area contributed by atoms with E-state index in [0.29, 0.717) is 0 Å². The van der Waals surface area contributed by atoms with Gasteiger partial charge >= 0.3 is 11.5 Å². The molecule has 0 aliphatic heterocycles. The molecule has 0 aliphatic rings. The Balaban J connectivity index is 2.42.